The summed E-state index contributed by atoms with van der Waals surface area (Å²) < 4.78 is 5.04. The van der Waals surface area contributed by atoms with Gasteiger partial charge < -0.3 is 15.4 Å². The molecule has 0 fully saturated rings. The maximum Gasteiger partial charge on any atom is 0.407 e. The maximum absolute atomic E-state index is 11.4. The van der Waals surface area contributed by atoms with E-state index in [1.54, 1.807) is 12.4 Å². The molecule has 0 aliphatic carbocycles. The van der Waals surface area contributed by atoms with Gasteiger partial charge in [0.15, 0.2) is 0 Å². The molecule has 21 heavy (non-hydrogen) atoms. The molecule has 1 heterocycles. The van der Waals surface area contributed by atoms with Crippen LogP contribution in [0.5, 0.6) is 0 Å². The molecule has 6 heteroatoms. The van der Waals surface area contributed by atoms with E-state index in [4.69, 9.17) is 4.74 Å². The van der Waals surface area contributed by atoms with Crippen LogP contribution in [0, 0.1) is 0 Å². The lowest BCUT2D eigenvalue weighted by atomic mass is 10.1. The Bertz CT molecular complexity index is 449. The summed E-state index contributed by atoms with van der Waals surface area (Å²) in [5, 5.41) is 5.25. The average molecular weight is 291 g/mol. The lowest BCUT2D eigenvalue weighted by Gasteiger charge is -2.07. The highest BCUT2D eigenvalue weighted by atomic mass is 16.5. The van der Waals surface area contributed by atoms with Crippen LogP contribution in [0.4, 0.5) is 4.79 Å². The molecule has 2 N–H and O–H groups in total. The number of aryl methyl sites for hydroxylation is 1. The molecular formula is C15H21N3O3. The first-order chi connectivity index (χ1) is 10.2. The summed E-state index contributed by atoms with van der Waals surface area (Å²) in [6.45, 7) is 4.67. The quantitative estimate of drug-likeness (QED) is 0.533. The molecule has 6 nitrogen and oxygen atoms in total. The fourth-order valence-electron chi connectivity index (χ4n) is 1.60. The van der Waals surface area contributed by atoms with Crippen molar-refractivity contribution in [1.82, 2.24) is 15.6 Å². The highest BCUT2D eigenvalue weighted by Gasteiger charge is 2.01. The van der Waals surface area contributed by atoms with Gasteiger partial charge in [-0.15, -0.1) is 0 Å². The van der Waals surface area contributed by atoms with Crippen LogP contribution in [-0.2, 0) is 16.0 Å². The lowest BCUT2D eigenvalue weighted by molar-refractivity contribution is -0.116. The molecule has 114 valence electrons. The molecule has 0 saturated heterocycles. The molecule has 0 bridgehead atoms. The van der Waals surface area contributed by atoms with Crippen LogP contribution in [0.3, 0.4) is 0 Å². The van der Waals surface area contributed by atoms with Crippen LogP contribution >= 0.6 is 0 Å². The summed E-state index contributed by atoms with van der Waals surface area (Å²) in [5.74, 6) is -0.214. The molecule has 0 unspecified atom stereocenters. The molecular weight excluding hydrogens is 270 g/mol. The predicted octanol–water partition coefficient (Wildman–Crippen LogP) is 1.43. The number of hydrogen-bond donors (Lipinski definition) is 2. The minimum Gasteiger partial charge on any atom is -0.450 e. The molecule has 1 aromatic heterocycles. The standard InChI is InChI=1S/C15H21N3O3/c1-2-14(19)17-8-4-9-18-15(20)21-12-3-5-13-6-10-16-11-7-13/h2,6-7,10-11H,1,3-5,8-9,12H2,(H,17,19)(H,18,20). The summed E-state index contributed by atoms with van der Waals surface area (Å²) in [6, 6.07) is 3.88. The Kier molecular flexibility index (Phi) is 8.28. The van der Waals surface area contributed by atoms with Crippen molar-refractivity contribution >= 4 is 12.0 Å². The van der Waals surface area contributed by atoms with E-state index in [1.165, 1.54) is 11.6 Å². The van der Waals surface area contributed by atoms with Crippen LogP contribution in [-0.4, -0.2) is 36.7 Å². The number of amides is 2. The highest BCUT2D eigenvalue weighted by Crippen LogP contribution is 2.00. The Morgan fingerprint density at radius 3 is 2.62 bits per heavy atom. The molecule has 0 aliphatic rings. The summed E-state index contributed by atoms with van der Waals surface area (Å²) >= 11 is 0. The maximum atomic E-state index is 11.4. The second-order valence-corrected chi connectivity index (χ2v) is 4.37. The van der Waals surface area contributed by atoms with Crippen molar-refractivity contribution in [2.45, 2.75) is 19.3 Å². The Hall–Kier alpha value is -2.37. The molecule has 2 amide bonds. The van der Waals surface area contributed by atoms with Crippen molar-refractivity contribution in [3.05, 3.63) is 42.7 Å². The van der Waals surface area contributed by atoms with Gasteiger partial charge in [0.05, 0.1) is 6.61 Å². The normalized spacial score (nSPS) is 9.71. The van der Waals surface area contributed by atoms with Crippen molar-refractivity contribution in [1.29, 1.82) is 0 Å². The van der Waals surface area contributed by atoms with Gasteiger partial charge in [-0.25, -0.2) is 4.79 Å². The van der Waals surface area contributed by atoms with Gasteiger partial charge >= 0.3 is 6.09 Å². The van der Waals surface area contributed by atoms with E-state index < -0.39 is 6.09 Å². The van der Waals surface area contributed by atoms with Gasteiger partial charge in [-0.3, -0.25) is 9.78 Å². The van der Waals surface area contributed by atoms with E-state index in [0.717, 1.165) is 12.8 Å². The SMILES string of the molecule is C=CC(=O)NCCCNC(=O)OCCCc1ccncc1. The van der Waals surface area contributed by atoms with Crippen LogP contribution in [0.25, 0.3) is 0 Å². The summed E-state index contributed by atoms with van der Waals surface area (Å²) in [6.07, 6.45) is 6.54. The third-order valence-electron chi connectivity index (χ3n) is 2.70. The zero-order chi connectivity index (χ0) is 15.3. The molecule has 0 atom stereocenters. The van der Waals surface area contributed by atoms with Gasteiger partial charge in [0.2, 0.25) is 5.91 Å². The molecule has 0 radical (unpaired) electrons. The topological polar surface area (TPSA) is 80.3 Å². The van der Waals surface area contributed by atoms with Crippen LogP contribution in [0.1, 0.15) is 18.4 Å². The first-order valence-electron chi connectivity index (χ1n) is 6.92. The highest BCUT2D eigenvalue weighted by molar-refractivity contribution is 5.86. The van der Waals surface area contributed by atoms with Crippen LogP contribution in [0.15, 0.2) is 37.2 Å². The first kappa shape index (κ1) is 16.7. The van der Waals surface area contributed by atoms with E-state index in [2.05, 4.69) is 22.2 Å². The second-order valence-electron chi connectivity index (χ2n) is 4.37. The third kappa shape index (κ3) is 8.41. The first-order valence-corrected chi connectivity index (χ1v) is 6.92. The number of ether oxygens (including phenoxy) is 1. The molecule has 1 rings (SSSR count). The number of nitrogens with zero attached hydrogens (tertiary/aromatic N) is 1. The predicted molar refractivity (Wildman–Crippen MR) is 79.7 cm³/mol. The molecule has 0 saturated carbocycles. The van der Waals surface area contributed by atoms with E-state index in [0.29, 0.717) is 26.1 Å². The minimum absolute atomic E-state index is 0.214. The van der Waals surface area contributed by atoms with Gasteiger partial charge in [-0.2, -0.15) is 0 Å². The van der Waals surface area contributed by atoms with E-state index in [1.807, 2.05) is 12.1 Å². The number of aromatic nitrogens is 1. The summed E-state index contributed by atoms with van der Waals surface area (Å²) in [5.41, 5.74) is 1.17. The number of carbonyl (C=O) groups excluding carboxylic acids is 2. The number of hydrogen-bond acceptors (Lipinski definition) is 4. The smallest absolute Gasteiger partial charge is 0.407 e. The van der Waals surface area contributed by atoms with E-state index in [9.17, 15) is 9.59 Å². The van der Waals surface area contributed by atoms with Crippen molar-refractivity contribution in [3.63, 3.8) is 0 Å². The Balaban J connectivity index is 1.96. The van der Waals surface area contributed by atoms with Crippen molar-refractivity contribution in [2.75, 3.05) is 19.7 Å². The number of carbonyl (C=O) groups is 2. The number of alkyl carbamates (subject to hydrolysis) is 1. The van der Waals surface area contributed by atoms with Crippen LogP contribution < -0.4 is 10.6 Å². The number of pyridine rings is 1. The zero-order valence-corrected chi connectivity index (χ0v) is 12.0. The minimum atomic E-state index is -0.431. The van der Waals surface area contributed by atoms with Gasteiger partial charge in [-0.05, 0) is 43.0 Å². The monoisotopic (exact) mass is 291 g/mol. The van der Waals surface area contributed by atoms with Gasteiger partial charge in [-0.1, -0.05) is 6.58 Å². The van der Waals surface area contributed by atoms with Gasteiger partial charge in [0.1, 0.15) is 0 Å². The van der Waals surface area contributed by atoms with E-state index in [-0.39, 0.29) is 5.91 Å². The van der Waals surface area contributed by atoms with Gasteiger partial charge in [0.25, 0.3) is 0 Å². The third-order valence-corrected chi connectivity index (χ3v) is 2.70. The number of nitrogens with one attached hydrogen (secondary N) is 2. The fraction of sp³-hybridized carbons (Fsp3) is 0.400. The van der Waals surface area contributed by atoms with E-state index >= 15 is 0 Å². The Morgan fingerprint density at radius 2 is 1.90 bits per heavy atom. The van der Waals surface area contributed by atoms with Crippen molar-refractivity contribution < 1.29 is 14.3 Å². The molecule has 0 aromatic carbocycles. The lowest BCUT2D eigenvalue weighted by Crippen LogP contribution is -2.29. The number of rotatable bonds is 9. The van der Waals surface area contributed by atoms with Crippen molar-refractivity contribution in [3.8, 4) is 0 Å². The van der Waals surface area contributed by atoms with Gasteiger partial charge in [0, 0.05) is 25.5 Å². The Labute approximate surface area is 124 Å². The molecule has 1 aromatic rings. The molecule has 0 aliphatic heterocycles. The summed E-state index contributed by atoms with van der Waals surface area (Å²) in [7, 11) is 0. The average Bonchev–Trinajstić information content (AvgIpc) is 2.52. The second kappa shape index (κ2) is 10.4. The van der Waals surface area contributed by atoms with Crippen molar-refractivity contribution in [2.24, 2.45) is 0 Å². The van der Waals surface area contributed by atoms with Crippen LogP contribution in [0.2, 0.25) is 0 Å². The fourth-order valence-corrected chi connectivity index (χ4v) is 1.60. The molecule has 0 spiro atoms. The summed E-state index contributed by atoms with van der Waals surface area (Å²) in [4.78, 5) is 26.2. The largest absolute Gasteiger partial charge is 0.450 e. The Morgan fingerprint density at radius 1 is 1.19 bits per heavy atom. The zero-order valence-electron chi connectivity index (χ0n) is 12.0.